The zero-order chi connectivity index (χ0) is 16.2. The van der Waals surface area contributed by atoms with Crippen LogP contribution >= 0.6 is 0 Å². The van der Waals surface area contributed by atoms with Gasteiger partial charge in [0.2, 0.25) is 11.8 Å². The lowest BCUT2D eigenvalue weighted by Gasteiger charge is -2.39. The summed E-state index contributed by atoms with van der Waals surface area (Å²) in [6.45, 7) is 5.18. The quantitative estimate of drug-likeness (QED) is 0.819. The van der Waals surface area contributed by atoms with Gasteiger partial charge in [-0.25, -0.2) is 0 Å². The van der Waals surface area contributed by atoms with Crippen LogP contribution in [-0.4, -0.2) is 41.5 Å². The molecule has 1 aliphatic heterocycles. The molecular weight excluding hydrogens is 285 g/mol. The third-order valence-corrected chi connectivity index (χ3v) is 3.48. The lowest BCUT2D eigenvalue weighted by atomic mass is 9.96. The maximum absolute atomic E-state index is 12.4. The summed E-state index contributed by atoms with van der Waals surface area (Å²) in [4.78, 5) is 25.5. The first-order valence-electron chi connectivity index (χ1n) is 7.33. The molecule has 2 amide bonds. The van der Waals surface area contributed by atoms with E-state index in [1.807, 2.05) is 20.8 Å². The van der Waals surface area contributed by atoms with Crippen LogP contribution < -0.4 is 5.32 Å². The minimum absolute atomic E-state index is 0.173. The highest BCUT2D eigenvalue weighted by atomic mass is 19.4. The Hall–Kier alpha value is -1.27. The Balaban J connectivity index is 2.86. The van der Waals surface area contributed by atoms with E-state index >= 15 is 0 Å². The number of hydrogen-bond acceptors (Lipinski definition) is 2. The van der Waals surface area contributed by atoms with Gasteiger partial charge in [0.15, 0.2) is 0 Å². The average molecular weight is 308 g/mol. The van der Waals surface area contributed by atoms with E-state index in [2.05, 4.69) is 5.32 Å². The summed E-state index contributed by atoms with van der Waals surface area (Å²) in [5.74, 6) is -0.568. The summed E-state index contributed by atoms with van der Waals surface area (Å²) in [5.41, 5.74) is 0. The molecule has 0 bridgehead atoms. The van der Waals surface area contributed by atoms with Gasteiger partial charge in [-0.15, -0.1) is 0 Å². The molecule has 0 radical (unpaired) electrons. The summed E-state index contributed by atoms with van der Waals surface area (Å²) in [6, 6.07) is -1.49. The number of piperazine rings is 1. The molecule has 1 aliphatic rings. The van der Waals surface area contributed by atoms with E-state index in [0.717, 1.165) is 4.90 Å². The maximum atomic E-state index is 12.4. The topological polar surface area (TPSA) is 49.4 Å². The van der Waals surface area contributed by atoms with Gasteiger partial charge in [-0.1, -0.05) is 27.2 Å². The molecule has 21 heavy (non-hydrogen) atoms. The van der Waals surface area contributed by atoms with Crippen LogP contribution in [0.15, 0.2) is 0 Å². The second-order valence-corrected chi connectivity index (χ2v) is 5.89. The summed E-state index contributed by atoms with van der Waals surface area (Å²) >= 11 is 0. The van der Waals surface area contributed by atoms with Crippen LogP contribution in [0.25, 0.3) is 0 Å². The molecule has 1 saturated heterocycles. The number of alkyl halides is 3. The molecule has 1 rings (SSSR count). The molecule has 0 aromatic carbocycles. The van der Waals surface area contributed by atoms with E-state index in [4.69, 9.17) is 0 Å². The molecule has 1 fully saturated rings. The van der Waals surface area contributed by atoms with Gasteiger partial charge in [-0.3, -0.25) is 9.59 Å². The highest BCUT2D eigenvalue weighted by molar-refractivity contribution is 5.96. The van der Waals surface area contributed by atoms with Crippen LogP contribution in [-0.2, 0) is 9.59 Å². The largest absolute Gasteiger partial charge is 0.390 e. The van der Waals surface area contributed by atoms with Crippen LogP contribution in [0.1, 0.15) is 46.5 Å². The second kappa shape index (κ2) is 7.13. The molecule has 0 aromatic heterocycles. The van der Waals surface area contributed by atoms with Crippen molar-refractivity contribution in [2.75, 3.05) is 6.54 Å². The molecule has 0 aromatic rings. The van der Waals surface area contributed by atoms with Crippen molar-refractivity contribution in [1.29, 1.82) is 0 Å². The van der Waals surface area contributed by atoms with Crippen molar-refractivity contribution in [2.45, 2.75) is 64.7 Å². The summed E-state index contributed by atoms with van der Waals surface area (Å²) in [6.07, 6.45) is -3.97. The first-order valence-corrected chi connectivity index (χ1v) is 7.33. The number of nitrogens with zero attached hydrogens (tertiary/aromatic N) is 1. The van der Waals surface area contributed by atoms with Crippen molar-refractivity contribution in [3.05, 3.63) is 0 Å². The summed E-state index contributed by atoms with van der Waals surface area (Å²) in [5, 5.41) is 2.65. The lowest BCUT2D eigenvalue weighted by molar-refractivity contribution is -0.158. The van der Waals surface area contributed by atoms with Crippen LogP contribution in [0.2, 0.25) is 0 Å². The Kier molecular flexibility index (Phi) is 6.04. The predicted octanol–water partition coefficient (Wildman–Crippen LogP) is 2.48. The number of halogens is 3. The van der Waals surface area contributed by atoms with E-state index < -0.39 is 37.1 Å². The number of amides is 2. The molecule has 2 unspecified atom stereocenters. The molecule has 0 spiro atoms. The van der Waals surface area contributed by atoms with Crippen LogP contribution in [0.4, 0.5) is 13.2 Å². The van der Waals surface area contributed by atoms with Crippen molar-refractivity contribution in [3.8, 4) is 0 Å². The Morgan fingerprint density at radius 1 is 1.29 bits per heavy atom. The zero-order valence-corrected chi connectivity index (χ0v) is 12.7. The van der Waals surface area contributed by atoms with Crippen LogP contribution in [0, 0.1) is 5.92 Å². The minimum Gasteiger partial charge on any atom is -0.342 e. The lowest BCUT2D eigenvalue weighted by Crippen LogP contribution is -2.63. The third-order valence-electron chi connectivity index (χ3n) is 3.48. The smallest absolute Gasteiger partial charge is 0.342 e. The van der Waals surface area contributed by atoms with Gasteiger partial charge in [-0.05, 0) is 18.8 Å². The van der Waals surface area contributed by atoms with Crippen LogP contribution in [0.3, 0.4) is 0 Å². The van der Waals surface area contributed by atoms with Gasteiger partial charge in [0.1, 0.15) is 12.1 Å². The molecular formula is C14H23F3N2O2. The monoisotopic (exact) mass is 308 g/mol. The fourth-order valence-corrected chi connectivity index (χ4v) is 2.53. The minimum atomic E-state index is -4.33. The van der Waals surface area contributed by atoms with Gasteiger partial charge < -0.3 is 10.2 Å². The van der Waals surface area contributed by atoms with E-state index in [0.29, 0.717) is 19.3 Å². The van der Waals surface area contributed by atoms with Gasteiger partial charge in [0.25, 0.3) is 0 Å². The maximum Gasteiger partial charge on any atom is 0.390 e. The number of carbonyl (C=O) groups excluding carboxylic acids is 2. The zero-order valence-electron chi connectivity index (χ0n) is 12.7. The van der Waals surface area contributed by atoms with E-state index in [1.165, 1.54) is 0 Å². The first kappa shape index (κ1) is 17.8. The molecule has 7 heteroatoms. The fraction of sp³-hybridized carbons (Fsp3) is 0.857. The Morgan fingerprint density at radius 2 is 1.90 bits per heavy atom. The molecule has 1 heterocycles. The number of nitrogens with one attached hydrogen (secondary N) is 1. The number of hydrogen-bond donors (Lipinski definition) is 1. The number of rotatable bonds is 6. The molecule has 122 valence electrons. The predicted molar refractivity (Wildman–Crippen MR) is 72.5 cm³/mol. The standard InChI is InChI=1S/C14H23F3N2O2/c1-4-5-11-12(20)18-10(8-9(2)3)13(21)19(11)7-6-14(15,16)17/h9-11H,4-8H2,1-3H3,(H,18,20). The van der Waals surface area contributed by atoms with Gasteiger partial charge in [-0.2, -0.15) is 13.2 Å². The molecule has 0 aliphatic carbocycles. The van der Waals surface area contributed by atoms with Crippen molar-refractivity contribution < 1.29 is 22.8 Å². The van der Waals surface area contributed by atoms with Gasteiger partial charge in [0.05, 0.1) is 6.42 Å². The SMILES string of the molecule is CCCC1C(=O)NC(CC(C)C)C(=O)N1CCC(F)(F)F. The van der Waals surface area contributed by atoms with Gasteiger partial charge in [0, 0.05) is 6.54 Å². The molecule has 4 nitrogen and oxygen atoms in total. The Labute approximate surface area is 123 Å². The van der Waals surface area contributed by atoms with Gasteiger partial charge >= 0.3 is 6.18 Å². The molecule has 2 atom stereocenters. The summed E-state index contributed by atoms with van der Waals surface area (Å²) in [7, 11) is 0. The van der Waals surface area contributed by atoms with E-state index in [-0.39, 0.29) is 11.8 Å². The summed E-state index contributed by atoms with van der Waals surface area (Å²) < 4.78 is 37.2. The molecule has 0 saturated carbocycles. The Morgan fingerprint density at radius 3 is 2.38 bits per heavy atom. The Bertz CT molecular complexity index is 383. The highest BCUT2D eigenvalue weighted by Crippen LogP contribution is 2.24. The van der Waals surface area contributed by atoms with Crippen LogP contribution in [0.5, 0.6) is 0 Å². The average Bonchev–Trinajstić information content (AvgIpc) is 2.33. The van der Waals surface area contributed by atoms with E-state index in [9.17, 15) is 22.8 Å². The van der Waals surface area contributed by atoms with Crippen molar-refractivity contribution in [2.24, 2.45) is 5.92 Å². The fourth-order valence-electron chi connectivity index (χ4n) is 2.53. The first-order chi connectivity index (χ1) is 9.65. The van der Waals surface area contributed by atoms with Crippen molar-refractivity contribution in [3.63, 3.8) is 0 Å². The highest BCUT2D eigenvalue weighted by Gasteiger charge is 2.41. The normalized spacial score (nSPS) is 23.7. The van der Waals surface area contributed by atoms with Crippen molar-refractivity contribution >= 4 is 11.8 Å². The number of carbonyl (C=O) groups is 2. The second-order valence-electron chi connectivity index (χ2n) is 5.89. The third kappa shape index (κ3) is 5.21. The molecule has 1 N–H and O–H groups in total. The van der Waals surface area contributed by atoms with Crippen molar-refractivity contribution in [1.82, 2.24) is 10.2 Å². The van der Waals surface area contributed by atoms with E-state index in [1.54, 1.807) is 0 Å².